The average Bonchev–Trinajstić information content (AvgIpc) is 2.44. The minimum Gasteiger partial charge on any atom is -0.493 e. The van der Waals surface area contributed by atoms with Crippen molar-refractivity contribution in [3.63, 3.8) is 0 Å². The summed E-state index contributed by atoms with van der Waals surface area (Å²) in [5.74, 6) is 0.709. The maximum atomic E-state index is 12.9. The van der Waals surface area contributed by atoms with E-state index in [2.05, 4.69) is 19.1 Å². The van der Waals surface area contributed by atoms with Crippen molar-refractivity contribution in [2.45, 2.75) is 34.1 Å². The fourth-order valence-electron chi connectivity index (χ4n) is 2.66. The molecule has 2 aromatic carbocycles. The smallest absolute Gasteiger partial charge is 0.197 e. The Kier molecular flexibility index (Phi) is 4.79. The van der Waals surface area contributed by atoms with Gasteiger partial charge in [0.25, 0.3) is 0 Å². The standard InChI is InChI=1S/C19H22O2/c1-5-10-21-17-9-7-6-8-16(17)19(20)18-14(3)11-13(2)12-15(18)4/h6-9,11-12H,5,10H2,1-4H3. The molecule has 0 N–H and O–H groups in total. The molecule has 0 aliphatic heterocycles. The molecule has 0 atom stereocenters. The van der Waals surface area contributed by atoms with Gasteiger partial charge in [0.2, 0.25) is 0 Å². The van der Waals surface area contributed by atoms with Gasteiger partial charge < -0.3 is 4.74 Å². The fraction of sp³-hybridized carbons (Fsp3) is 0.316. The Morgan fingerprint density at radius 3 is 2.29 bits per heavy atom. The summed E-state index contributed by atoms with van der Waals surface area (Å²) in [5, 5.41) is 0. The lowest BCUT2D eigenvalue weighted by Crippen LogP contribution is -2.09. The first kappa shape index (κ1) is 15.3. The summed E-state index contributed by atoms with van der Waals surface area (Å²) in [4.78, 5) is 12.9. The first-order valence-corrected chi connectivity index (χ1v) is 7.39. The van der Waals surface area contributed by atoms with Crippen LogP contribution in [0, 0.1) is 20.8 Å². The molecule has 2 rings (SSSR count). The highest BCUT2D eigenvalue weighted by molar-refractivity contribution is 6.12. The van der Waals surface area contributed by atoms with Gasteiger partial charge in [-0.3, -0.25) is 4.79 Å². The van der Waals surface area contributed by atoms with Crippen LogP contribution in [0.3, 0.4) is 0 Å². The predicted molar refractivity (Wildman–Crippen MR) is 86.3 cm³/mol. The van der Waals surface area contributed by atoms with Crippen molar-refractivity contribution >= 4 is 5.78 Å². The van der Waals surface area contributed by atoms with Crippen LogP contribution in [0.4, 0.5) is 0 Å². The molecular weight excluding hydrogens is 260 g/mol. The number of hydrogen-bond donors (Lipinski definition) is 0. The van der Waals surface area contributed by atoms with Gasteiger partial charge in [-0.1, -0.05) is 36.8 Å². The first-order chi connectivity index (χ1) is 10.0. The normalized spacial score (nSPS) is 10.5. The van der Waals surface area contributed by atoms with Crippen molar-refractivity contribution in [3.05, 3.63) is 64.2 Å². The van der Waals surface area contributed by atoms with Crippen LogP contribution in [0.5, 0.6) is 5.75 Å². The van der Waals surface area contributed by atoms with Crippen LogP contribution in [0.15, 0.2) is 36.4 Å². The molecule has 0 bridgehead atoms. The molecule has 0 heterocycles. The number of carbonyl (C=O) groups excluding carboxylic acids is 1. The minimum atomic E-state index is 0.0386. The van der Waals surface area contributed by atoms with E-state index in [0.717, 1.165) is 23.1 Å². The molecule has 0 aliphatic rings. The molecule has 2 aromatic rings. The summed E-state index contributed by atoms with van der Waals surface area (Å²) < 4.78 is 5.71. The Hall–Kier alpha value is -2.09. The molecule has 21 heavy (non-hydrogen) atoms. The summed E-state index contributed by atoms with van der Waals surface area (Å²) in [6.45, 7) is 8.70. The Morgan fingerprint density at radius 1 is 1.05 bits per heavy atom. The zero-order valence-corrected chi connectivity index (χ0v) is 13.2. The molecule has 2 heteroatoms. The van der Waals surface area contributed by atoms with Crippen LogP contribution in [0.25, 0.3) is 0 Å². The van der Waals surface area contributed by atoms with Crippen molar-refractivity contribution in [2.75, 3.05) is 6.61 Å². The van der Waals surface area contributed by atoms with Crippen molar-refractivity contribution in [3.8, 4) is 5.75 Å². The maximum absolute atomic E-state index is 12.9. The number of para-hydroxylation sites is 1. The van der Waals surface area contributed by atoms with Gasteiger partial charge >= 0.3 is 0 Å². The third-order valence-electron chi connectivity index (χ3n) is 3.50. The third-order valence-corrected chi connectivity index (χ3v) is 3.50. The number of carbonyl (C=O) groups is 1. The van der Waals surface area contributed by atoms with Gasteiger partial charge in [0, 0.05) is 5.56 Å². The van der Waals surface area contributed by atoms with Gasteiger partial charge in [-0.05, 0) is 50.5 Å². The zero-order valence-electron chi connectivity index (χ0n) is 13.2. The van der Waals surface area contributed by atoms with Crippen LogP contribution in [-0.2, 0) is 0 Å². The second-order valence-electron chi connectivity index (χ2n) is 5.45. The molecular formula is C19H22O2. The number of aryl methyl sites for hydroxylation is 3. The molecule has 0 amide bonds. The Balaban J connectivity index is 2.46. The van der Waals surface area contributed by atoms with Gasteiger partial charge in [0.15, 0.2) is 5.78 Å². The second kappa shape index (κ2) is 6.57. The summed E-state index contributed by atoms with van der Waals surface area (Å²) in [6.07, 6.45) is 0.922. The highest BCUT2D eigenvalue weighted by Gasteiger charge is 2.18. The second-order valence-corrected chi connectivity index (χ2v) is 5.45. The van der Waals surface area contributed by atoms with E-state index in [4.69, 9.17) is 4.74 Å². The van der Waals surface area contributed by atoms with Crippen LogP contribution >= 0.6 is 0 Å². The number of rotatable bonds is 5. The highest BCUT2D eigenvalue weighted by atomic mass is 16.5. The molecule has 0 aromatic heterocycles. The topological polar surface area (TPSA) is 26.3 Å². The quantitative estimate of drug-likeness (QED) is 0.747. The molecule has 0 fully saturated rings. The molecule has 110 valence electrons. The SMILES string of the molecule is CCCOc1ccccc1C(=O)c1c(C)cc(C)cc1C. The van der Waals surface area contributed by atoms with Crippen molar-refractivity contribution in [1.82, 2.24) is 0 Å². The van der Waals surface area contributed by atoms with Crippen LogP contribution in [0.1, 0.15) is 46.0 Å². The van der Waals surface area contributed by atoms with Gasteiger partial charge in [-0.2, -0.15) is 0 Å². The number of ketones is 1. The fourth-order valence-corrected chi connectivity index (χ4v) is 2.66. The highest BCUT2D eigenvalue weighted by Crippen LogP contribution is 2.25. The maximum Gasteiger partial charge on any atom is 0.197 e. The summed E-state index contributed by atoms with van der Waals surface area (Å²) >= 11 is 0. The van der Waals surface area contributed by atoms with Crippen molar-refractivity contribution in [1.29, 1.82) is 0 Å². The van der Waals surface area contributed by atoms with E-state index in [1.54, 1.807) is 0 Å². The molecule has 0 unspecified atom stereocenters. The molecule has 0 saturated heterocycles. The van der Waals surface area contributed by atoms with E-state index in [0.29, 0.717) is 17.9 Å². The Labute approximate surface area is 126 Å². The van der Waals surface area contributed by atoms with Crippen LogP contribution in [0.2, 0.25) is 0 Å². The number of hydrogen-bond acceptors (Lipinski definition) is 2. The zero-order chi connectivity index (χ0) is 15.4. The van der Waals surface area contributed by atoms with E-state index in [1.165, 1.54) is 5.56 Å². The van der Waals surface area contributed by atoms with Gasteiger partial charge in [0.05, 0.1) is 12.2 Å². The number of benzene rings is 2. The third kappa shape index (κ3) is 3.33. The van der Waals surface area contributed by atoms with E-state index in [-0.39, 0.29) is 5.78 Å². The Bertz CT molecular complexity index is 633. The van der Waals surface area contributed by atoms with Crippen molar-refractivity contribution in [2.24, 2.45) is 0 Å². The summed E-state index contributed by atoms with van der Waals surface area (Å²) in [6, 6.07) is 11.6. The molecule has 0 spiro atoms. The van der Waals surface area contributed by atoms with Gasteiger partial charge in [0.1, 0.15) is 5.75 Å². The summed E-state index contributed by atoms with van der Waals surface area (Å²) in [7, 11) is 0. The number of ether oxygens (including phenoxy) is 1. The van der Waals surface area contributed by atoms with Gasteiger partial charge in [-0.15, -0.1) is 0 Å². The monoisotopic (exact) mass is 282 g/mol. The van der Waals surface area contributed by atoms with Crippen LogP contribution in [-0.4, -0.2) is 12.4 Å². The van der Waals surface area contributed by atoms with E-state index in [1.807, 2.05) is 45.0 Å². The lowest BCUT2D eigenvalue weighted by molar-refractivity contribution is 0.103. The lowest BCUT2D eigenvalue weighted by Gasteiger charge is -2.13. The van der Waals surface area contributed by atoms with Gasteiger partial charge in [-0.25, -0.2) is 0 Å². The lowest BCUT2D eigenvalue weighted by atomic mass is 9.93. The van der Waals surface area contributed by atoms with E-state index in [9.17, 15) is 4.79 Å². The molecule has 0 saturated carbocycles. The molecule has 0 radical (unpaired) electrons. The molecule has 2 nitrogen and oxygen atoms in total. The van der Waals surface area contributed by atoms with Crippen LogP contribution < -0.4 is 4.74 Å². The molecule has 0 aliphatic carbocycles. The van der Waals surface area contributed by atoms with Crippen molar-refractivity contribution < 1.29 is 9.53 Å². The average molecular weight is 282 g/mol. The predicted octanol–water partition coefficient (Wildman–Crippen LogP) is 4.63. The van der Waals surface area contributed by atoms with E-state index >= 15 is 0 Å². The summed E-state index contributed by atoms with van der Waals surface area (Å²) in [5.41, 5.74) is 4.64. The Morgan fingerprint density at radius 2 is 1.67 bits per heavy atom. The minimum absolute atomic E-state index is 0.0386. The van der Waals surface area contributed by atoms with E-state index < -0.39 is 0 Å². The first-order valence-electron chi connectivity index (χ1n) is 7.39. The largest absolute Gasteiger partial charge is 0.493 e.